The maximum absolute atomic E-state index is 12.2. The molecule has 2 aromatic rings. The van der Waals surface area contributed by atoms with Crippen LogP contribution in [-0.4, -0.2) is 31.0 Å². The third kappa shape index (κ3) is 7.01. The van der Waals surface area contributed by atoms with Crippen LogP contribution in [0.5, 0.6) is 5.75 Å². The molecule has 2 amide bonds. The summed E-state index contributed by atoms with van der Waals surface area (Å²) in [5, 5.41) is 8.70. The highest BCUT2D eigenvalue weighted by molar-refractivity contribution is 5.98. The van der Waals surface area contributed by atoms with Gasteiger partial charge in [-0.05, 0) is 50.6 Å². The molecule has 0 atom stereocenters. The molecular formula is C21H27N3O3. The van der Waals surface area contributed by atoms with E-state index in [9.17, 15) is 9.59 Å². The van der Waals surface area contributed by atoms with Gasteiger partial charge in [-0.1, -0.05) is 19.1 Å². The minimum Gasteiger partial charge on any atom is -0.494 e. The largest absolute Gasteiger partial charge is 0.494 e. The van der Waals surface area contributed by atoms with Crippen molar-refractivity contribution in [3.63, 3.8) is 0 Å². The molecule has 0 heterocycles. The molecule has 2 aromatic carbocycles. The topological polar surface area (TPSA) is 79.5 Å². The molecule has 0 aliphatic rings. The quantitative estimate of drug-likeness (QED) is 0.630. The normalized spacial score (nSPS) is 10.4. The fourth-order valence-electron chi connectivity index (χ4n) is 2.39. The van der Waals surface area contributed by atoms with E-state index in [1.54, 1.807) is 24.3 Å². The van der Waals surface area contributed by atoms with Crippen molar-refractivity contribution >= 4 is 23.2 Å². The maximum Gasteiger partial charge on any atom is 0.251 e. The Morgan fingerprint density at radius 2 is 1.78 bits per heavy atom. The Balaban J connectivity index is 1.90. The number of nitrogens with one attached hydrogen (secondary N) is 3. The van der Waals surface area contributed by atoms with Crippen molar-refractivity contribution in [2.45, 2.75) is 33.2 Å². The number of hydrogen-bond acceptors (Lipinski definition) is 4. The molecule has 3 N–H and O–H groups in total. The fraction of sp³-hybridized carbons (Fsp3) is 0.333. The Hall–Kier alpha value is -3.02. The summed E-state index contributed by atoms with van der Waals surface area (Å²) in [7, 11) is 0. The lowest BCUT2D eigenvalue weighted by Gasteiger charge is -2.11. The zero-order chi connectivity index (χ0) is 19.6. The van der Waals surface area contributed by atoms with E-state index < -0.39 is 0 Å². The molecule has 27 heavy (non-hydrogen) atoms. The van der Waals surface area contributed by atoms with Gasteiger partial charge in [0.25, 0.3) is 5.91 Å². The van der Waals surface area contributed by atoms with Gasteiger partial charge in [0.1, 0.15) is 5.75 Å². The molecule has 0 aromatic heterocycles. The van der Waals surface area contributed by atoms with Crippen LogP contribution in [0.1, 0.15) is 37.6 Å². The molecule has 0 saturated carbocycles. The number of amides is 2. The monoisotopic (exact) mass is 369 g/mol. The average Bonchev–Trinajstić information content (AvgIpc) is 2.65. The zero-order valence-corrected chi connectivity index (χ0v) is 16.0. The minimum absolute atomic E-state index is 0.0528. The Kier molecular flexibility index (Phi) is 7.67. The molecule has 6 nitrogen and oxygen atoms in total. The first-order chi connectivity index (χ1) is 13.0. The number of rotatable bonds is 9. The molecule has 0 fully saturated rings. The van der Waals surface area contributed by atoms with Gasteiger partial charge in [-0.2, -0.15) is 0 Å². The molecule has 0 aliphatic heterocycles. The third-order valence-corrected chi connectivity index (χ3v) is 3.59. The van der Waals surface area contributed by atoms with Crippen LogP contribution in [0.3, 0.4) is 0 Å². The van der Waals surface area contributed by atoms with Crippen LogP contribution in [-0.2, 0) is 4.79 Å². The Morgan fingerprint density at radius 1 is 1.04 bits per heavy atom. The lowest BCUT2D eigenvalue weighted by Crippen LogP contribution is -2.30. The highest BCUT2D eigenvalue weighted by atomic mass is 16.5. The summed E-state index contributed by atoms with van der Waals surface area (Å²) in [6.45, 7) is 6.62. The molecule has 0 spiro atoms. The van der Waals surface area contributed by atoms with Crippen molar-refractivity contribution in [1.82, 2.24) is 5.32 Å². The van der Waals surface area contributed by atoms with E-state index in [0.29, 0.717) is 17.9 Å². The van der Waals surface area contributed by atoms with Crippen LogP contribution >= 0.6 is 0 Å². The predicted molar refractivity (Wildman–Crippen MR) is 108 cm³/mol. The first-order valence-electron chi connectivity index (χ1n) is 9.15. The molecule has 0 aliphatic carbocycles. The number of carbonyl (C=O) groups is 2. The summed E-state index contributed by atoms with van der Waals surface area (Å²) in [5.41, 5.74) is 1.90. The van der Waals surface area contributed by atoms with Gasteiger partial charge in [-0.15, -0.1) is 0 Å². The van der Waals surface area contributed by atoms with Crippen molar-refractivity contribution in [2.75, 3.05) is 23.8 Å². The number of ether oxygens (including phenoxy) is 1. The first kappa shape index (κ1) is 20.3. The van der Waals surface area contributed by atoms with Gasteiger partial charge in [-0.25, -0.2) is 0 Å². The summed E-state index contributed by atoms with van der Waals surface area (Å²) in [5.74, 6) is 0.408. The zero-order valence-electron chi connectivity index (χ0n) is 16.0. The second-order valence-electron chi connectivity index (χ2n) is 6.49. The summed E-state index contributed by atoms with van der Waals surface area (Å²) >= 11 is 0. The molecule has 0 radical (unpaired) electrons. The standard InChI is InChI=1S/C21H27N3O3/c1-4-11-27-19-10-6-8-17(13-19)22-14-20(25)24-18-9-5-7-16(12-18)21(26)23-15(2)3/h5-10,12-13,15,22H,4,11,14H2,1-3H3,(H,23,26)(H,24,25). The van der Waals surface area contributed by atoms with Crippen molar-refractivity contribution in [3.8, 4) is 5.75 Å². The number of hydrogen-bond donors (Lipinski definition) is 3. The van der Waals surface area contributed by atoms with Crippen LogP contribution < -0.4 is 20.7 Å². The fourth-order valence-corrected chi connectivity index (χ4v) is 2.39. The SMILES string of the molecule is CCCOc1cccc(NCC(=O)Nc2cccc(C(=O)NC(C)C)c2)c1. The lowest BCUT2D eigenvalue weighted by atomic mass is 10.1. The molecular weight excluding hydrogens is 342 g/mol. The number of carbonyl (C=O) groups excluding carboxylic acids is 2. The molecule has 0 saturated heterocycles. The first-order valence-corrected chi connectivity index (χ1v) is 9.15. The summed E-state index contributed by atoms with van der Waals surface area (Å²) < 4.78 is 5.58. The van der Waals surface area contributed by atoms with Gasteiger partial charge in [-0.3, -0.25) is 9.59 Å². The van der Waals surface area contributed by atoms with E-state index in [1.165, 1.54) is 0 Å². The summed E-state index contributed by atoms with van der Waals surface area (Å²) in [4.78, 5) is 24.3. The van der Waals surface area contributed by atoms with Gasteiger partial charge in [0.2, 0.25) is 5.91 Å². The van der Waals surface area contributed by atoms with E-state index >= 15 is 0 Å². The van der Waals surface area contributed by atoms with E-state index in [-0.39, 0.29) is 24.4 Å². The lowest BCUT2D eigenvalue weighted by molar-refractivity contribution is -0.114. The molecule has 2 rings (SSSR count). The van der Waals surface area contributed by atoms with Crippen molar-refractivity contribution < 1.29 is 14.3 Å². The number of benzene rings is 2. The molecule has 0 unspecified atom stereocenters. The van der Waals surface area contributed by atoms with Gasteiger partial charge >= 0.3 is 0 Å². The van der Waals surface area contributed by atoms with Crippen molar-refractivity contribution in [2.24, 2.45) is 0 Å². The Labute approximate surface area is 160 Å². The van der Waals surface area contributed by atoms with Gasteiger partial charge in [0.15, 0.2) is 0 Å². The van der Waals surface area contributed by atoms with Crippen LogP contribution in [0.25, 0.3) is 0 Å². The van der Waals surface area contributed by atoms with Gasteiger partial charge in [0.05, 0.1) is 13.2 Å². The summed E-state index contributed by atoms with van der Waals surface area (Å²) in [6.07, 6.45) is 0.939. The third-order valence-electron chi connectivity index (χ3n) is 3.59. The van der Waals surface area contributed by atoms with E-state index in [0.717, 1.165) is 17.9 Å². The predicted octanol–water partition coefficient (Wildman–Crippen LogP) is 3.66. The molecule has 0 bridgehead atoms. The van der Waals surface area contributed by atoms with Crippen LogP contribution in [0.2, 0.25) is 0 Å². The maximum atomic E-state index is 12.2. The Bertz CT molecular complexity index is 775. The molecule has 144 valence electrons. The minimum atomic E-state index is -0.198. The second kappa shape index (κ2) is 10.2. The van der Waals surface area contributed by atoms with Crippen molar-refractivity contribution in [3.05, 3.63) is 54.1 Å². The van der Waals surface area contributed by atoms with Crippen LogP contribution in [0.15, 0.2) is 48.5 Å². The molecule has 6 heteroatoms. The van der Waals surface area contributed by atoms with Crippen molar-refractivity contribution in [1.29, 1.82) is 0 Å². The Morgan fingerprint density at radius 3 is 2.52 bits per heavy atom. The van der Waals surface area contributed by atoms with E-state index in [1.807, 2.05) is 45.0 Å². The second-order valence-corrected chi connectivity index (χ2v) is 6.49. The highest BCUT2D eigenvalue weighted by Crippen LogP contribution is 2.17. The average molecular weight is 369 g/mol. The summed E-state index contributed by atoms with van der Waals surface area (Å²) in [6, 6.07) is 14.4. The van der Waals surface area contributed by atoms with Crippen LogP contribution in [0, 0.1) is 0 Å². The highest BCUT2D eigenvalue weighted by Gasteiger charge is 2.09. The number of anilines is 2. The van der Waals surface area contributed by atoms with E-state index in [2.05, 4.69) is 16.0 Å². The smallest absolute Gasteiger partial charge is 0.251 e. The van der Waals surface area contributed by atoms with E-state index in [4.69, 9.17) is 4.74 Å². The van der Waals surface area contributed by atoms with Crippen LogP contribution in [0.4, 0.5) is 11.4 Å². The van der Waals surface area contributed by atoms with Gasteiger partial charge in [0, 0.05) is 29.0 Å². The van der Waals surface area contributed by atoms with Gasteiger partial charge < -0.3 is 20.7 Å².